The Kier molecular flexibility index (Phi) is 9.57. The summed E-state index contributed by atoms with van der Waals surface area (Å²) in [5.74, 6) is -0.430. The molecule has 8 nitrogen and oxygen atoms in total. The first-order valence-electron chi connectivity index (χ1n) is 13.6. The number of hydrogen-bond acceptors (Lipinski definition) is 7. The number of ether oxygens (including phenoxy) is 2. The summed E-state index contributed by atoms with van der Waals surface area (Å²) in [5, 5.41) is 13.5. The third kappa shape index (κ3) is 6.62. The molecule has 208 valence electrons. The monoisotopic (exact) mass is 528 g/mol. The lowest BCUT2D eigenvalue weighted by Gasteiger charge is -2.29. The zero-order valence-electron chi connectivity index (χ0n) is 23.0. The van der Waals surface area contributed by atoms with Gasteiger partial charge < -0.3 is 19.9 Å². The Hall–Kier alpha value is -2.75. The van der Waals surface area contributed by atoms with E-state index in [4.69, 9.17) is 14.5 Å². The minimum Gasteiger partial charge on any atom is -0.493 e. The van der Waals surface area contributed by atoms with Crippen LogP contribution < -0.4 is 10.1 Å². The van der Waals surface area contributed by atoms with Crippen molar-refractivity contribution in [2.24, 2.45) is 0 Å². The predicted molar refractivity (Wildman–Crippen MR) is 146 cm³/mol. The molecule has 2 aliphatic rings. The fourth-order valence-corrected chi connectivity index (χ4v) is 5.41. The maximum Gasteiger partial charge on any atom is 0.325 e. The number of aryl methyl sites for hydroxylation is 1. The molecule has 0 unspecified atom stereocenters. The first kappa shape index (κ1) is 28.3. The van der Waals surface area contributed by atoms with E-state index in [9.17, 15) is 14.3 Å². The zero-order valence-corrected chi connectivity index (χ0v) is 23.0. The number of carbonyl (C=O) groups is 1. The zero-order chi connectivity index (χ0) is 27.2. The molecule has 1 fully saturated rings. The number of fused-ring (bicyclic) bond motifs is 1. The number of likely N-dealkylation sites (N-methyl/N-ethyl adjacent to an activating group) is 1. The van der Waals surface area contributed by atoms with E-state index in [-0.39, 0.29) is 17.7 Å². The summed E-state index contributed by atoms with van der Waals surface area (Å²) in [6.45, 7) is 8.04. The molecule has 2 aromatic rings. The van der Waals surface area contributed by atoms with E-state index in [1.165, 1.54) is 18.7 Å². The quantitative estimate of drug-likeness (QED) is 0.398. The summed E-state index contributed by atoms with van der Waals surface area (Å²) in [6, 6.07) is 6.70. The van der Waals surface area contributed by atoms with E-state index in [0.29, 0.717) is 31.9 Å². The average Bonchev–Trinajstić information content (AvgIpc) is 3.37. The lowest BCUT2D eigenvalue weighted by Crippen LogP contribution is -2.39. The van der Waals surface area contributed by atoms with E-state index in [1.54, 1.807) is 6.07 Å². The topological polar surface area (TPSA) is 87.2 Å². The average molecular weight is 529 g/mol. The molecule has 0 bridgehead atoms. The molecule has 2 atom stereocenters. The Morgan fingerprint density at radius 2 is 2.13 bits per heavy atom. The SMILES string of the molecule is COc1c(F)cc(C(C)C)cc1[C@H](C(=O)O)N1CC[C@@H](N(C)CCOCCc2ccc3c(n2)NCCC3)C1. The van der Waals surface area contributed by atoms with Gasteiger partial charge in [-0.05, 0) is 61.6 Å². The van der Waals surface area contributed by atoms with Crippen molar-refractivity contribution in [1.82, 2.24) is 14.8 Å². The van der Waals surface area contributed by atoms with Crippen LogP contribution in [0, 0.1) is 5.82 Å². The number of rotatable bonds is 12. The molecular formula is C29H41FN4O4. The first-order chi connectivity index (χ1) is 18.3. The van der Waals surface area contributed by atoms with Gasteiger partial charge in [-0.3, -0.25) is 14.6 Å². The van der Waals surface area contributed by atoms with Gasteiger partial charge in [0.15, 0.2) is 11.6 Å². The summed E-state index contributed by atoms with van der Waals surface area (Å²) < 4.78 is 26.0. The number of hydrogen-bond donors (Lipinski definition) is 2. The molecule has 1 saturated heterocycles. The number of methoxy groups -OCH3 is 1. The Bertz CT molecular complexity index is 1110. The number of carboxylic acids is 1. The minimum atomic E-state index is -0.999. The first-order valence-corrected chi connectivity index (χ1v) is 13.6. The molecule has 2 N–H and O–H groups in total. The Labute approximate surface area is 225 Å². The molecule has 2 aliphatic heterocycles. The number of anilines is 1. The van der Waals surface area contributed by atoms with Gasteiger partial charge in [-0.2, -0.15) is 0 Å². The number of halogens is 1. The molecule has 3 heterocycles. The largest absolute Gasteiger partial charge is 0.493 e. The highest BCUT2D eigenvalue weighted by Gasteiger charge is 2.37. The van der Waals surface area contributed by atoms with Crippen molar-refractivity contribution < 1.29 is 23.8 Å². The second-order valence-electron chi connectivity index (χ2n) is 10.6. The van der Waals surface area contributed by atoms with Crippen LogP contribution >= 0.6 is 0 Å². The molecule has 1 aromatic carbocycles. The van der Waals surface area contributed by atoms with Crippen LogP contribution in [-0.4, -0.2) is 85.5 Å². The van der Waals surface area contributed by atoms with Gasteiger partial charge in [0.05, 0.1) is 20.3 Å². The van der Waals surface area contributed by atoms with Gasteiger partial charge in [0.25, 0.3) is 0 Å². The van der Waals surface area contributed by atoms with Crippen molar-refractivity contribution in [3.05, 3.63) is 52.5 Å². The number of aliphatic carboxylic acids is 1. The molecule has 0 aliphatic carbocycles. The molecule has 4 rings (SSSR count). The van der Waals surface area contributed by atoms with Crippen LogP contribution in [0.1, 0.15) is 61.0 Å². The molecule has 0 amide bonds. The second kappa shape index (κ2) is 12.9. The van der Waals surface area contributed by atoms with Gasteiger partial charge in [0, 0.05) is 49.9 Å². The van der Waals surface area contributed by atoms with Gasteiger partial charge in [-0.25, -0.2) is 9.37 Å². The summed E-state index contributed by atoms with van der Waals surface area (Å²) in [5.41, 5.74) is 3.46. The van der Waals surface area contributed by atoms with Crippen LogP contribution in [0.5, 0.6) is 5.75 Å². The summed E-state index contributed by atoms with van der Waals surface area (Å²) in [4.78, 5) is 21.3. The van der Waals surface area contributed by atoms with Crippen LogP contribution in [-0.2, 0) is 22.4 Å². The van der Waals surface area contributed by atoms with Crippen molar-refractivity contribution in [2.75, 3.05) is 58.9 Å². The fraction of sp³-hybridized carbons (Fsp3) is 0.586. The van der Waals surface area contributed by atoms with Crippen molar-refractivity contribution in [3.63, 3.8) is 0 Å². The van der Waals surface area contributed by atoms with Crippen LogP contribution in [0.4, 0.5) is 10.2 Å². The molecule has 0 spiro atoms. The van der Waals surface area contributed by atoms with Gasteiger partial charge in [-0.1, -0.05) is 19.9 Å². The highest BCUT2D eigenvalue weighted by Crippen LogP contribution is 2.37. The summed E-state index contributed by atoms with van der Waals surface area (Å²) in [6.07, 6.45) is 3.84. The molecule has 1 aromatic heterocycles. The number of nitrogens with zero attached hydrogens (tertiary/aromatic N) is 3. The van der Waals surface area contributed by atoms with Crippen LogP contribution in [0.2, 0.25) is 0 Å². The van der Waals surface area contributed by atoms with Gasteiger partial charge in [0.2, 0.25) is 0 Å². The van der Waals surface area contributed by atoms with Crippen molar-refractivity contribution in [3.8, 4) is 5.75 Å². The maximum absolute atomic E-state index is 14.8. The summed E-state index contributed by atoms with van der Waals surface area (Å²) in [7, 11) is 3.43. The Morgan fingerprint density at radius 3 is 2.87 bits per heavy atom. The lowest BCUT2D eigenvalue weighted by molar-refractivity contribution is -0.143. The lowest BCUT2D eigenvalue weighted by atomic mass is 9.95. The van der Waals surface area contributed by atoms with Crippen LogP contribution in [0.15, 0.2) is 24.3 Å². The van der Waals surface area contributed by atoms with Crippen molar-refractivity contribution in [1.29, 1.82) is 0 Å². The van der Waals surface area contributed by atoms with E-state index >= 15 is 0 Å². The predicted octanol–water partition coefficient (Wildman–Crippen LogP) is 4.10. The Balaban J connectivity index is 1.29. The highest BCUT2D eigenvalue weighted by molar-refractivity contribution is 5.77. The normalized spacial score (nSPS) is 18.4. The number of carboxylic acid groups (broad SMARTS) is 1. The van der Waals surface area contributed by atoms with Crippen LogP contribution in [0.3, 0.4) is 0 Å². The van der Waals surface area contributed by atoms with Gasteiger partial charge in [0.1, 0.15) is 11.9 Å². The number of pyridine rings is 1. The molecule has 38 heavy (non-hydrogen) atoms. The van der Waals surface area contributed by atoms with Crippen molar-refractivity contribution in [2.45, 2.75) is 57.5 Å². The number of likely N-dealkylation sites (tertiary alicyclic amines) is 1. The van der Waals surface area contributed by atoms with E-state index in [1.807, 2.05) is 25.8 Å². The van der Waals surface area contributed by atoms with E-state index in [0.717, 1.165) is 55.8 Å². The van der Waals surface area contributed by atoms with E-state index < -0.39 is 17.8 Å². The standard InChI is InChI=1S/C29H41FN4O4/c1-19(2)21-16-24(27(37-4)25(30)17-21)26(29(35)36)34-12-9-23(18-34)33(3)13-15-38-14-10-22-8-7-20-6-5-11-31-28(20)32-22/h7-8,16-17,19,23,26H,5-6,9-15,18H2,1-4H3,(H,31,32)(H,35,36)/t23-,26-/m1/s1. The number of nitrogens with one attached hydrogen (secondary N) is 1. The molecular weight excluding hydrogens is 487 g/mol. The third-order valence-electron chi connectivity index (χ3n) is 7.72. The summed E-state index contributed by atoms with van der Waals surface area (Å²) >= 11 is 0. The minimum absolute atomic E-state index is 0.0104. The third-order valence-corrected chi connectivity index (χ3v) is 7.72. The second-order valence-corrected chi connectivity index (χ2v) is 10.6. The molecule has 9 heteroatoms. The number of benzene rings is 1. The van der Waals surface area contributed by atoms with Gasteiger partial charge >= 0.3 is 5.97 Å². The highest BCUT2D eigenvalue weighted by atomic mass is 19.1. The maximum atomic E-state index is 14.8. The number of aromatic nitrogens is 1. The Morgan fingerprint density at radius 1 is 1.32 bits per heavy atom. The van der Waals surface area contributed by atoms with Gasteiger partial charge in [-0.15, -0.1) is 0 Å². The fourth-order valence-electron chi connectivity index (χ4n) is 5.41. The van der Waals surface area contributed by atoms with E-state index in [2.05, 4.69) is 22.3 Å². The molecule has 0 saturated carbocycles. The van der Waals surface area contributed by atoms with Crippen molar-refractivity contribution >= 4 is 11.8 Å². The molecule has 0 radical (unpaired) electrons. The van der Waals surface area contributed by atoms with Crippen LogP contribution in [0.25, 0.3) is 0 Å². The smallest absolute Gasteiger partial charge is 0.325 e.